The zero-order chi connectivity index (χ0) is 35.8. The molecule has 3 rings (SSSR count). The van der Waals surface area contributed by atoms with E-state index in [0.717, 1.165) is 11.1 Å². The van der Waals surface area contributed by atoms with Gasteiger partial charge in [-0.1, -0.05) is 55.8 Å². The Kier molecular flexibility index (Phi) is 15.2. The molecule has 1 aliphatic heterocycles. The number of esters is 1. The van der Waals surface area contributed by atoms with Crippen LogP contribution in [0.15, 0.2) is 54.6 Å². The van der Waals surface area contributed by atoms with Crippen molar-refractivity contribution in [2.24, 2.45) is 11.7 Å². The number of amides is 7. The molecule has 0 radical (unpaired) electrons. The molecule has 1 aliphatic rings. The number of likely N-dealkylation sites (tertiary alicyclic amines) is 1. The Morgan fingerprint density at radius 3 is 2.22 bits per heavy atom. The Balaban J connectivity index is 1.63. The summed E-state index contributed by atoms with van der Waals surface area (Å²) >= 11 is 0. The van der Waals surface area contributed by atoms with Crippen LogP contribution >= 0.6 is 0 Å². The lowest BCUT2D eigenvalue weighted by Crippen LogP contribution is -2.53. The van der Waals surface area contributed by atoms with Crippen LogP contribution in [0.5, 0.6) is 0 Å². The monoisotopic (exact) mass is 678 g/mol. The first-order valence-corrected chi connectivity index (χ1v) is 16.5. The number of primary amides is 1. The number of imide groups is 1. The number of hydrogen-bond acceptors (Lipinski definition) is 8. The van der Waals surface area contributed by atoms with Gasteiger partial charge in [0, 0.05) is 50.9 Å². The standard InChI is InChI=1S/C35H46N6O8/c1-23-20-31(44)41(34(23)47)19-8-4-7-13-30(43)39-29(21-25-10-5-3-6-11-25)33(46)40-28(12-9-18-37-35(36)48)32(45)38-27-16-14-26(15-17-27)22-49-24(2)42/h3,5-6,10-11,14-17,23,28-29H,4,7-9,12-13,18-22H2,1-2H3,(H,38,45)(H,39,43)(H,40,46)(H3,36,37,48)/t23?,28-,29-/m0/s1. The summed E-state index contributed by atoms with van der Waals surface area (Å²) < 4.78 is 4.99. The Bertz CT molecular complexity index is 1470. The van der Waals surface area contributed by atoms with E-state index in [1.165, 1.54) is 11.8 Å². The SMILES string of the molecule is CC(=O)OCc1ccc(NC(=O)[C@H](CCCNC(N)=O)NC(=O)[C@H](Cc2ccccc2)NC(=O)CCCCCN2C(=O)CC(C)C2=O)cc1. The first kappa shape index (κ1) is 38.2. The van der Waals surface area contributed by atoms with E-state index in [4.69, 9.17) is 10.5 Å². The van der Waals surface area contributed by atoms with Crippen molar-refractivity contribution in [3.63, 3.8) is 0 Å². The minimum atomic E-state index is -1.02. The van der Waals surface area contributed by atoms with Crippen molar-refractivity contribution in [1.82, 2.24) is 20.9 Å². The van der Waals surface area contributed by atoms with Gasteiger partial charge in [-0.25, -0.2) is 4.79 Å². The van der Waals surface area contributed by atoms with E-state index in [-0.39, 0.29) is 62.5 Å². The number of unbranched alkanes of at least 4 members (excludes halogenated alkanes) is 2. The summed E-state index contributed by atoms with van der Waals surface area (Å²) in [5.74, 6) is -2.46. The van der Waals surface area contributed by atoms with Gasteiger partial charge in [-0.2, -0.15) is 0 Å². The van der Waals surface area contributed by atoms with Gasteiger partial charge in [0.05, 0.1) is 0 Å². The van der Waals surface area contributed by atoms with Gasteiger partial charge in [0.1, 0.15) is 18.7 Å². The highest BCUT2D eigenvalue weighted by Gasteiger charge is 2.34. The molecular weight excluding hydrogens is 632 g/mol. The van der Waals surface area contributed by atoms with Crippen LogP contribution in [-0.2, 0) is 46.5 Å². The molecule has 1 fully saturated rings. The number of hydrogen-bond donors (Lipinski definition) is 5. The first-order chi connectivity index (χ1) is 23.4. The minimum absolute atomic E-state index is 0.0869. The Hall–Kier alpha value is -5.27. The summed E-state index contributed by atoms with van der Waals surface area (Å²) in [6.45, 7) is 3.63. The zero-order valence-electron chi connectivity index (χ0n) is 28.0. The van der Waals surface area contributed by atoms with Crippen LogP contribution in [0.3, 0.4) is 0 Å². The van der Waals surface area contributed by atoms with Gasteiger partial charge in [0.2, 0.25) is 29.5 Å². The molecule has 264 valence electrons. The molecule has 14 nitrogen and oxygen atoms in total. The van der Waals surface area contributed by atoms with Crippen LogP contribution in [0, 0.1) is 5.92 Å². The van der Waals surface area contributed by atoms with Crippen LogP contribution in [0.1, 0.15) is 69.9 Å². The number of benzene rings is 2. The summed E-state index contributed by atoms with van der Waals surface area (Å²) in [6, 6.07) is 13.1. The Labute approximate surface area is 285 Å². The number of nitrogens with one attached hydrogen (secondary N) is 4. The van der Waals surface area contributed by atoms with Gasteiger partial charge in [-0.05, 0) is 48.9 Å². The lowest BCUT2D eigenvalue weighted by molar-refractivity contribution is -0.142. The van der Waals surface area contributed by atoms with E-state index in [1.807, 2.05) is 30.3 Å². The van der Waals surface area contributed by atoms with E-state index in [9.17, 15) is 33.6 Å². The van der Waals surface area contributed by atoms with Crippen LogP contribution in [0.25, 0.3) is 0 Å². The molecule has 7 amide bonds. The molecular formula is C35H46N6O8. The van der Waals surface area contributed by atoms with E-state index >= 15 is 0 Å². The van der Waals surface area contributed by atoms with Crippen LogP contribution in [0.4, 0.5) is 10.5 Å². The second-order valence-electron chi connectivity index (χ2n) is 12.1. The molecule has 49 heavy (non-hydrogen) atoms. The van der Waals surface area contributed by atoms with Crippen molar-refractivity contribution >= 4 is 47.2 Å². The normalized spacial score (nSPS) is 15.2. The molecule has 0 spiro atoms. The van der Waals surface area contributed by atoms with Crippen LogP contribution in [-0.4, -0.2) is 71.6 Å². The van der Waals surface area contributed by atoms with E-state index in [2.05, 4.69) is 21.3 Å². The summed E-state index contributed by atoms with van der Waals surface area (Å²) in [4.78, 5) is 87.7. The fourth-order valence-electron chi connectivity index (χ4n) is 5.30. The smallest absolute Gasteiger partial charge is 0.312 e. The highest BCUT2D eigenvalue weighted by Crippen LogP contribution is 2.19. The third-order valence-electron chi connectivity index (χ3n) is 7.95. The molecule has 1 saturated heterocycles. The summed E-state index contributed by atoms with van der Waals surface area (Å²) in [5.41, 5.74) is 7.14. The summed E-state index contributed by atoms with van der Waals surface area (Å²) in [6.07, 6.45) is 2.70. The quantitative estimate of drug-likeness (QED) is 0.0845. The maximum atomic E-state index is 13.7. The maximum absolute atomic E-state index is 13.7. The number of nitrogens with two attached hydrogens (primary N) is 1. The second kappa shape index (κ2) is 19.5. The molecule has 0 aliphatic carbocycles. The molecule has 6 N–H and O–H groups in total. The predicted molar refractivity (Wildman–Crippen MR) is 180 cm³/mol. The number of ether oxygens (including phenoxy) is 1. The van der Waals surface area contributed by atoms with E-state index in [0.29, 0.717) is 37.9 Å². The number of carbonyl (C=O) groups is 7. The number of urea groups is 1. The van der Waals surface area contributed by atoms with Crippen molar-refractivity contribution in [3.05, 3.63) is 65.7 Å². The second-order valence-corrected chi connectivity index (χ2v) is 12.1. The highest BCUT2D eigenvalue weighted by atomic mass is 16.5. The van der Waals surface area contributed by atoms with Crippen molar-refractivity contribution in [3.8, 4) is 0 Å². The number of anilines is 1. The van der Waals surface area contributed by atoms with E-state index < -0.39 is 35.9 Å². The van der Waals surface area contributed by atoms with Gasteiger partial charge in [0.25, 0.3) is 0 Å². The topological polar surface area (TPSA) is 206 Å². The Morgan fingerprint density at radius 2 is 1.59 bits per heavy atom. The largest absolute Gasteiger partial charge is 0.461 e. The molecule has 3 atom stereocenters. The average molecular weight is 679 g/mol. The van der Waals surface area contributed by atoms with Gasteiger partial charge in [-0.15, -0.1) is 0 Å². The van der Waals surface area contributed by atoms with Crippen molar-refractivity contribution in [2.45, 2.75) is 83.9 Å². The molecule has 14 heteroatoms. The fourth-order valence-corrected chi connectivity index (χ4v) is 5.30. The van der Waals surface area contributed by atoms with Crippen molar-refractivity contribution in [1.29, 1.82) is 0 Å². The predicted octanol–water partition coefficient (Wildman–Crippen LogP) is 2.30. The van der Waals surface area contributed by atoms with Crippen molar-refractivity contribution < 1.29 is 38.3 Å². The minimum Gasteiger partial charge on any atom is -0.461 e. The summed E-state index contributed by atoms with van der Waals surface area (Å²) in [5, 5.41) is 10.8. The first-order valence-electron chi connectivity index (χ1n) is 16.5. The molecule has 0 aromatic heterocycles. The molecule has 1 heterocycles. The average Bonchev–Trinajstić information content (AvgIpc) is 3.31. The molecule has 2 aromatic carbocycles. The third-order valence-corrected chi connectivity index (χ3v) is 7.95. The number of rotatable bonds is 19. The molecule has 0 bridgehead atoms. The fraction of sp³-hybridized carbons (Fsp3) is 0.457. The van der Waals surface area contributed by atoms with E-state index in [1.54, 1.807) is 31.2 Å². The summed E-state index contributed by atoms with van der Waals surface area (Å²) in [7, 11) is 0. The van der Waals surface area contributed by atoms with Gasteiger partial charge < -0.3 is 31.7 Å². The van der Waals surface area contributed by atoms with Crippen LogP contribution < -0.4 is 27.0 Å². The lowest BCUT2D eigenvalue weighted by atomic mass is 10.0. The Morgan fingerprint density at radius 1 is 0.878 bits per heavy atom. The number of carbonyl (C=O) groups excluding carboxylic acids is 7. The lowest BCUT2D eigenvalue weighted by Gasteiger charge is -2.23. The molecule has 0 saturated carbocycles. The van der Waals surface area contributed by atoms with Gasteiger partial charge in [-0.3, -0.25) is 33.7 Å². The zero-order valence-corrected chi connectivity index (χ0v) is 28.0. The van der Waals surface area contributed by atoms with Gasteiger partial charge >= 0.3 is 12.0 Å². The third kappa shape index (κ3) is 13.4. The molecule has 1 unspecified atom stereocenters. The maximum Gasteiger partial charge on any atom is 0.312 e. The van der Waals surface area contributed by atoms with Gasteiger partial charge in [0.15, 0.2) is 0 Å². The highest BCUT2D eigenvalue weighted by molar-refractivity contribution is 6.03. The van der Waals surface area contributed by atoms with Crippen molar-refractivity contribution in [2.75, 3.05) is 18.4 Å². The molecule has 2 aromatic rings. The number of nitrogens with zero attached hydrogens (tertiary/aromatic N) is 1. The van der Waals surface area contributed by atoms with Crippen LogP contribution in [0.2, 0.25) is 0 Å².